The maximum Gasteiger partial charge on any atom is 0.310 e. The van der Waals surface area contributed by atoms with Crippen LogP contribution < -0.4 is 0 Å². The molecule has 4 nitrogen and oxygen atoms in total. The number of rotatable bonds is 5. The van der Waals surface area contributed by atoms with Crippen LogP contribution in [0.15, 0.2) is 17.5 Å². The lowest BCUT2D eigenvalue weighted by Crippen LogP contribution is -2.42. The van der Waals surface area contributed by atoms with E-state index in [0.717, 1.165) is 4.88 Å². The minimum atomic E-state index is -3.48. The van der Waals surface area contributed by atoms with E-state index in [1.165, 1.54) is 18.3 Å². The Bertz CT molecular complexity index is 538. The van der Waals surface area contributed by atoms with Crippen molar-refractivity contribution in [1.29, 1.82) is 0 Å². The fraction of sp³-hybridized carbons (Fsp3) is 0.615. The number of sulfone groups is 1. The number of carboxylic acids is 1. The molecule has 1 heterocycles. The van der Waals surface area contributed by atoms with Crippen molar-refractivity contribution < 1.29 is 18.3 Å². The second-order valence-corrected chi connectivity index (χ2v) is 9.77. The predicted molar refractivity (Wildman–Crippen MR) is 77.3 cm³/mol. The third-order valence-corrected chi connectivity index (χ3v) is 6.86. The summed E-state index contributed by atoms with van der Waals surface area (Å²) in [5, 5.41) is 11.3. The van der Waals surface area contributed by atoms with Gasteiger partial charge in [-0.25, -0.2) is 8.42 Å². The Morgan fingerprint density at radius 3 is 2.26 bits per heavy atom. The Hall–Kier alpha value is -0.880. The van der Waals surface area contributed by atoms with E-state index in [1.807, 2.05) is 17.5 Å². The minimum absolute atomic E-state index is 0.231. The lowest BCUT2D eigenvalue weighted by atomic mass is 9.88. The molecule has 108 valence electrons. The average molecular weight is 304 g/mol. The van der Waals surface area contributed by atoms with Crippen molar-refractivity contribution in [1.82, 2.24) is 0 Å². The minimum Gasteiger partial charge on any atom is -0.481 e. The van der Waals surface area contributed by atoms with Crippen LogP contribution in [0.5, 0.6) is 0 Å². The van der Waals surface area contributed by atoms with Crippen molar-refractivity contribution in [3.63, 3.8) is 0 Å². The zero-order chi connectivity index (χ0) is 14.9. The third-order valence-electron chi connectivity index (χ3n) is 3.10. The molecule has 0 fully saturated rings. The van der Waals surface area contributed by atoms with Crippen LogP contribution in [0.4, 0.5) is 0 Å². The van der Waals surface area contributed by atoms with Gasteiger partial charge in [-0.15, -0.1) is 11.3 Å². The molecule has 0 amide bonds. The van der Waals surface area contributed by atoms with Gasteiger partial charge in [0.2, 0.25) is 0 Å². The van der Waals surface area contributed by atoms with E-state index in [1.54, 1.807) is 20.8 Å². The molecule has 1 atom stereocenters. The Balaban J connectivity index is 3.05. The molecular weight excluding hydrogens is 284 g/mol. The summed E-state index contributed by atoms with van der Waals surface area (Å²) < 4.78 is 23.5. The van der Waals surface area contributed by atoms with Crippen LogP contribution in [-0.4, -0.2) is 30.0 Å². The van der Waals surface area contributed by atoms with Gasteiger partial charge in [-0.05, 0) is 45.6 Å². The van der Waals surface area contributed by atoms with E-state index >= 15 is 0 Å². The van der Waals surface area contributed by atoms with Crippen molar-refractivity contribution in [3.05, 3.63) is 22.4 Å². The summed E-state index contributed by atoms with van der Waals surface area (Å²) in [5.74, 6) is -1.43. The molecule has 6 heteroatoms. The van der Waals surface area contributed by atoms with Gasteiger partial charge in [0.15, 0.2) is 9.84 Å². The molecule has 0 aliphatic carbocycles. The van der Waals surface area contributed by atoms with E-state index in [-0.39, 0.29) is 12.2 Å². The summed E-state index contributed by atoms with van der Waals surface area (Å²) >= 11 is 1.44. The molecule has 1 rings (SSSR count). The molecule has 0 aromatic carbocycles. The van der Waals surface area contributed by atoms with E-state index < -0.39 is 26.0 Å². The molecule has 0 radical (unpaired) electrons. The molecule has 0 saturated heterocycles. The highest BCUT2D eigenvalue weighted by atomic mass is 32.2. The quantitative estimate of drug-likeness (QED) is 0.907. The summed E-state index contributed by atoms with van der Waals surface area (Å²) in [6.45, 7) is 6.28. The van der Waals surface area contributed by atoms with Crippen LogP contribution in [0.2, 0.25) is 0 Å². The van der Waals surface area contributed by atoms with Crippen LogP contribution in [0, 0.1) is 5.41 Å². The predicted octanol–water partition coefficient (Wildman–Crippen LogP) is 2.59. The van der Waals surface area contributed by atoms with Gasteiger partial charge in [0, 0.05) is 4.88 Å². The fourth-order valence-corrected chi connectivity index (χ4v) is 4.01. The van der Waals surface area contributed by atoms with Crippen molar-refractivity contribution in [2.45, 2.75) is 38.9 Å². The van der Waals surface area contributed by atoms with E-state index in [0.29, 0.717) is 0 Å². The van der Waals surface area contributed by atoms with E-state index in [4.69, 9.17) is 0 Å². The number of aliphatic carboxylic acids is 1. The fourth-order valence-electron chi connectivity index (χ4n) is 1.62. The first-order chi connectivity index (χ1) is 8.48. The van der Waals surface area contributed by atoms with Crippen molar-refractivity contribution in [3.8, 4) is 0 Å². The highest BCUT2D eigenvalue weighted by Gasteiger charge is 2.42. The monoisotopic (exact) mass is 304 g/mol. The molecule has 0 saturated carbocycles. The molecule has 1 aromatic rings. The van der Waals surface area contributed by atoms with Crippen molar-refractivity contribution in [2.75, 3.05) is 5.75 Å². The van der Waals surface area contributed by atoms with Crippen LogP contribution in [0.3, 0.4) is 0 Å². The van der Waals surface area contributed by atoms with Crippen LogP contribution in [-0.2, 0) is 21.1 Å². The Kier molecular flexibility index (Phi) is 4.47. The molecular formula is C13H20O4S2. The highest BCUT2D eigenvalue weighted by molar-refractivity contribution is 7.92. The van der Waals surface area contributed by atoms with Gasteiger partial charge in [0.25, 0.3) is 0 Å². The number of carbonyl (C=O) groups is 1. The average Bonchev–Trinajstić information content (AvgIpc) is 2.66. The molecule has 1 N–H and O–H groups in total. The van der Waals surface area contributed by atoms with Gasteiger partial charge in [0.05, 0.1) is 15.9 Å². The maximum absolute atomic E-state index is 12.2. The molecule has 0 aliphatic rings. The molecule has 0 spiro atoms. The lowest BCUT2D eigenvalue weighted by molar-refractivity contribution is -0.146. The number of hydrogen-bond acceptors (Lipinski definition) is 4. The van der Waals surface area contributed by atoms with Crippen molar-refractivity contribution in [2.24, 2.45) is 5.41 Å². The smallest absolute Gasteiger partial charge is 0.310 e. The van der Waals surface area contributed by atoms with Gasteiger partial charge in [-0.2, -0.15) is 0 Å². The lowest BCUT2D eigenvalue weighted by Gasteiger charge is -2.28. The zero-order valence-electron chi connectivity index (χ0n) is 11.6. The van der Waals surface area contributed by atoms with Gasteiger partial charge >= 0.3 is 5.97 Å². The molecule has 0 bridgehead atoms. The van der Waals surface area contributed by atoms with E-state index in [2.05, 4.69) is 0 Å². The Labute approximate surface area is 118 Å². The summed E-state index contributed by atoms with van der Waals surface area (Å²) in [5.41, 5.74) is -1.29. The van der Waals surface area contributed by atoms with E-state index in [9.17, 15) is 18.3 Å². The maximum atomic E-state index is 12.2. The number of hydrogen-bond donors (Lipinski definition) is 1. The normalized spacial score (nSPS) is 16.0. The number of carboxylic acid groups (broad SMARTS) is 1. The van der Waals surface area contributed by atoms with Gasteiger partial charge in [0.1, 0.15) is 0 Å². The van der Waals surface area contributed by atoms with Gasteiger partial charge in [-0.3, -0.25) is 4.79 Å². The third kappa shape index (κ3) is 3.79. The number of thiophene rings is 1. The topological polar surface area (TPSA) is 71.4 Å². The largest absolute Gasteiger partial charge is 0.481 e. The summed E-state index contributed by atoms with van der Waals surface area (Å²) in [7, 11) is -3.48. The molecule has 1 aromatic heterocycles. The van der Waals surface area contributed by atoms with Gasteiger partial charge < -0.3 is 5.11 Å². The highest BCUT2D eigenvalue weighted by Crippen LogP contribution is 2.31. The summed E-state index contributed by atoms with van der Waals surface area (Å²) in [6, 6.07) is 3.66. The molecule has 0 aliphatic heterocycles. The first kappa shape index (κ1) is 16.2. The van der Waals surface area contributed by atoms with Gasteiger partial charge in [-0.1, -0.05) is 6.07 Å². The van der Waals surface area contributed by atoms with Crippen molar-refractivity contribution >= 4 is 27.1 Å². The molecule has 19 heavy (non-hydrogen) atoms. The first-order valence-corrected chi connectivity index (χ1v) is 8.49. The second kappa shape index (κ2) is 5.25. The Morgan fingerprint density at radius 1 is 1.32 bits per heavy atom. The first-order valence-electron chi connectivity index (χ1n) is 5.96. The zero-order valence-corrected chi connectivity index (χ0v) is 13.3. The van der Waals surface area contributed by atoms with Crippen LogP contribution >= 0.6 is 11.3 Å². The second-order valence-electron chi connectivity index (χ2n) is 5.99. The SMILES string of the molecule is CC(Cc1cccs1)(CS(=O)(=O)C(C)(C)C)C(=O)O. The van der Waals surface area contributed by atoms with Crippen LogP contribution in [0.1, 0.15) is 32.6 Å². The summed E-state index contributed by atoms with van der Waals surface area (Å²) in [6.07, 6.45) is 0.231. The Morgan fingerprint density at radius 2 is 1.89 bits per heavy atom. The van der Waals surface area contributed by atoms with Crippen LogP contribution in [0.25, 0.3) is 0 Å². The summed E-state index contributed by atoms with van der Waals surface area (Å²) in [4.78, 5) is 12.4. The standard InChI is InChI=1S/C13H20O4S2/c1-12(2,3)19(16,17)9-13(4,11(14)15)8-10-6-5-7-18-10/h5-7H,8-9H2,1-4H3,(H,14,15). The molecule has 1 unspecified atom stereocenters.